The Bertz CT molecular complexity index is 5110. The van der Waals surface area contributed by atoms with Gasteiger partial charge in [0.2, 0.25) is 88.6 Å². The molecule has 15 amide bonds. The lowest BCUT2D eigenvalue weighted by molar-refractivity contribution is -0.143. The number of benzene rings is 5. The first kappa shape index (κ1) is 107. The van der Waals surface area contributed by atoms with Gasteiger partial charge in [0.1, 0.15) is 108 Å². The van der Waals surface area contributed by atoms with Crippen molar-refractivity contribution in [2.75, 3.05) is 19.6 Å². The number of aromatic amines is 1. The lowest BCUT2D eigenvalue weighted by Crippen LogP contribution is -2.61. The van der Waals surface area contributed by atoms with Gasteiger partial charge in [-0.2, -0.15) is 0 Å². The molecule has 136 heavy (non-hydrogen) atoms. The first-order chi connectivity index (χ1) is 64.6. The van der Waals surface area contributed by atoms with Crippen LogP contribution < -0.4 is 81.0 Å². The molecule has 734 valence electrons. The number of aliphatic carboxylic acids is 2. The molecule has 8 rings (SSSR count). The fourth-order valence-electron chi connectivity index (χ4n) is 15.7. The zero-order valence-electron chi connectivity index (χ0n) is 76.6. The number of aromatic hydroxyl groups is 4. The normalized spacial score (nSPS) is 16.3. The Labute approximate surface area is 785 Å². The van der Waals surface area contributed by atoms with Crippen LogP contribution in [0.1, 0.15) is 152 Å². The highest BCUT2D eigenvalue weighted by molar-refractivity contribution is 6.01. The van der Waals surface area contributed by atoms with E-state index in [0.29, 0.717) is 52.8 Å². The maximum absolute atomic E-state index is 15.1. The number of amides is 15. The summed E-state index contributed by atoms with van der Waals surface area (Å²) in [7, 11) is 0. The van der Waals surface area contributed by atoms with Crippen molar-refractivity contribution in [1.82, 2.24) is 83.6 Å². The number of unbranched alkanes of at least 4 members (excludes halogenated alkanes) is 1. The van der Waals surface area contributed by atoms with E-state index in [4.69, 9.17) is 17.2 Å². The van der Waals surface area contributed by atoms with Crippen molar-refractivity contribution in [2.45, 2.75) is 248 Å². The number of primary amides is 1. The highest BCUT2D eigenvalue weighted by Crippen LogP contribution is 2.25. The monoisotopic (exact) mass is 1890 g/mol. The molecule has 2 aliphatic rings. The van der Waals surface area contributed by atoms with Crippen LogP contribution in [-0.4, -0.2) is 261 Å². The molecule has 5 aromatic carbocycles. The van der Waals surface area contributed by atoms with Crippen molar-refractivity contribution in [3.05, 3.63) is 173 Å². The summed E-state index contributed by atoms with van der Waals surface area (Å²) in [5.74, 6) is -18.0. The number of imidazole rings is 1. The summed E-state index contributed by atoms with van der Waals surface area (Å²) in [6.45, 7) is 9.73. The zero-order chi connectivity index (χ0) is 99.6. The van der Waals surface area contributed by atoms with Crippen LogP contribution in [0.15, 0.2) is 140 Å². The Morgan fingerprint density at radius 3 is 1.12 bits per heavy atom. The second-order valence-corrected chi connectivity index (χ2v) is 35.0. The van der Waals surface area contributed by atoms with Crippen LogP contribution in [-0.2, 0) is 120 Å². The molecule has 2 fully saturated rings. The molecule has 0 bridgehead atoms. The minimum atomic E-state index is -1.73. The van der Waals surface area contributed by atoms with Crippen LogP contribution in [0.5, 0.6) is 23.0 Å². The van der Waals surface area contributed by atoms with E-state index in [0.717, 1.165) is 4.90 Å². The van der Waals surface area contributed by atoms with E-state index in [9.17, 15) is 107 Å². The number of carboxylic acids is 2. The molecule has 0 saturated carbocycles. The predicted molar refractivity (Wildman–Crippen MR) is 492 cm³/mol. The number of H-pyrrole nitrogens is 1. The topological polar surface area (TPSA) is 669 Å². The van der Waals surface area contributed by atoms with Crippen LogP contribution in [0.2, 0.25) is 0 Å². The number of hydrogen-bond acceptors (Lipinski definition) is 24. The van der Waals surface area contributed by atoms with Crippen LogP contribution >= 0.6 is 0 Å². The molecular formula is C94H125N19O23. The van der Waals surface area contributed by atoms with E-state index in [1.165, 1.54) is 122 Å². The number of carboxylic acid groups (broad SMARTS) is 2. The van der Waals surface area contributed by atoms with E-state index >= 15 is 4.79 Å². The van der Waals surface area contributed by atoms with Gasteiger partial charge in [0.15, 0.2) is 0 Å². The third-order valence-corrected chi connectivity index (χ3v) is 23.0. The van der Waals surface area contributed by atoms with Crippen LogP contribution in [0.4, 0.5) is 0 Å². The number of nitrogens with zero attached hydrogens (tertiary/aromatic N) is 3. The van der Waals surface area contributed by atoms with Crippen molar-refractivity contribution < 1.29 is 112 Å². The highest BCUT2D eigenvalue weighted by Gasteiger charge is 2.43. The molecule has 42 heteroatoms. The molecule has 0 spiro atoms. The van der Waals surface area contributed by atoms with Gasteiger partial charge in [-0.1, -0.05) is 107 Å². The lowest BCUT2D eigenvalue weighted by atomic mass is 9.98. The third kappa shape index (κ3) is 33.9. The Morgan fingerprint density at radius 2 is 0.743 bits per heavy atom. The number of aromatic nitrogens is 2. The summed E-state index contributed by atoms with van der Waals surface area (Å²) in [6.07, 6.45) is 1.02. The average Bonchev–Trinajstić information content (AvgIpc) is 1.66. The fourth-order valence-corrected chi connectivity index (χ4v) is 15.7. The number of nitrogens with two attached hydrogens (primary N) is 3. The van der Waals surface area contributed by atoms with Gasteiger partial charge in [-0.3, -0.25) is 76.7 Å². The summed E-state index contributed by atoms with van der Waals surface area (Å²) < 4.78 is 0. The first-order valence-corrected chi connectivity index (χ1v) is 45.2. The summed E-state index contributed by atoms with van der Waals surface area (Å²) in [5.41, 5.74) is 20.0. The molecule has 0 unspecified atom stereocenters. The molecule has 42 nitrogen and oxygen atoms in total. The predicted octanol–water partition coefficient (Wildman–Crippen LogP) is -0.799. The Hall–Kier alpha value is -14.6. The second-order valence-electron chi connectivity index (χ2n) is 35.0. The largest absolute Gasteiger partial charge is 0.508 e. The Morgan fingerprint density at radius 1 is 0.397 bits per heavy atom. The number of phenols is 4. The number of nitrogens with one attached hydrogen (secondary N) is 13. The molecule has 0 aliphatic carbocycles. The Kier molecular flexibility index (Phi) is 41.0. The molecule has 6 aromatic rings. The van der Waals surface area contributed by atoms with Crippen LogP contribution in [0.25, 0.3) is 0 Å². The van der Waals surface area contributed by atoms with Gasteiger partial charge in [-0.05, 0) is 173 Å². The Balaban J connectivity index is 0.972. The van der Waals surface area contributed by atoms with E-state index < -0.39 is 216 Å². The smallest absolute Gasteiger partial charge is 0.326 e. The van der Waals surface area contributed by atoms with Gasteiger partial charge in [0.25, 0.3) is 0 Å². The second kappa shape index (κ2) is 52.2. The molecule has 1 aromatic heterocycles. The number of phenolic OH excluding ortho intramolecular Hbond substituents is 4. The van der Waals surface area contributed by atoms with E-state index in [1.807, 2.05) is 0 Å². The minimum absolute atomic E-state index is 0.00618. The van der Waals surface area contributed by atoms with Gasteiger partial charge in [0, 0.05) is 64.2 Å². The maximum Gasteiger partial charge on any atom is 0.326 e. The van der Waals surface area contributed by atoms with Gasteiger partial charge in [-0.25, -0.2) is 9.78 Å². The van der Waals surface area contributed by atoms with Crippen molar-refractivity contribution in [1.29, 1.82) is 0 Å². The molecule has 3 heterocycles. The van der Waals surface area contributed by atoms with Gasteiger partial charge < -0.3 is 126 Å². The molecule has 15 atom stereocenters. The summed E-state index contributed by atoms with van der Waals surface area (Å²) in [4.78, 5) is 250. The minimum Gasteiger partial charge on any atom is -0.508 e. The molecule has 0 radical (unpaired) electrons. The van der Waals surface area contributed by atoms with E-state index in [1.54, 1.807) is 64.2 Å². The molecular weight excluding hydrogens is 1760 g/mol. The van der Waals surface area contributed by atoms with Crippen LogP contribution in [0.3, 0.4) is 0 Å². The maximum atomic E-state index is 15.1. The molecule has 25 N–H and O–H groups in total. The number of rotatable bonds is 52. The lowest BCUT2D eigenvalue weighted by Gasteiger charge is -2.30. The molecule has 2 saturated heterocycles. The van der Waals surface area contributed by atoms with Gasteiger partial charge in [-0.15, -0.1) is 0 Å². The number of hydrogen-bond donors (Lipinski definition) is 22. The summed E-state index contributed by atoms with van der Waals surface area (Å²) in [6, 6.07) is 8.81. The fraction of sp³-hybridized carbons (Fsp3) is 0.468. The summed E-state index contributed by atoms with van der Waals surface area (Å²) in [5, 5.41) is 92.0. The van der Waals surface area contributed by atoms with Gasteiger partial charge in [0.05, 0.1) is 24.5 Å². The average molecular weight is 1890 g/mol. The third-order valence-electron chi connectivity index (χ3n) is 23.0. The molecule has 2 aliphatic heterocycles. The van der Waals surface area contributed by atoms with Crippen molar-refractivity contribution in [3.8, 4) is 23.0 Å². The summed E-state index contributed by atoms with van der Waals surface area (Å²) >= 11 is 0. The highest BCUT2D eigenvalue weighted by atomic mass is 16.4. The first-order valence-electron chi connectivity index (χ1n) is 45.2. The number of likely N-dealkylation sites (tertiary alicyclic amines) is 2. The standard InChI is InChI=1S/C94H125N19O23/c1-51(2)40-68(84(125)106-69(41-52(3)4)85(126)109-73(45-58-23-31-63(116)32-24-58)87(128)107-70(43-56-19-27-61(114)28-20-56)82(123)100-53(5)80(121)104-75(48-78(97)118)89(130)103-67(94(135)136)16-10-11-37-95)105-81(122)66(35-36-79(119)120)102-90(131)76-17-12-38-112(76)92(133)54(6)101-83(124)71(44-57-21-29-62(115)30-22-57)108-86(127)72(42-55-14-8-7-9-15-55)110-88(129)74(46-59-25-33-64(117)34-26-59)111-91(132)77-18-13-39-113(77)93(134)65(96)47-60-49-98-50-99-60/h7-9,14-15,19-34,49-54,65-77,114-117H,10-13,16-18,35-48,95-96H2,1-6H3,(H2,97,118)(H,98,99)(H,100,123)(H,101,124)(H,102,131)(H,103,130)(H,104,121)(H,105,122)(H,106,125)(H,107,128)(H,108,127)(H,109,126)(H,110,129)(H,111,132)(H,119,120)(H,135,136)/t53-,54-,65-,66-,67-,68-,69-,70-,71-,72-,73-,74-,75-,76-,77-/m0/s1. The SMILES string of the molecule is CC(C)C[C@H](NC(=O)[C@H](CC(C)C)NC(=O)[C@H](CCC(=O)O)NC(=O)[C@@H]1CCCN1C(=O)[C@H](C)NC(=O)[C@H](Cc1ccc(O)cc1)NC(=O)[C@H](Cc1ccccc1)NC(=O)[C@H](Cc1ccc(O)cc1)NC(=O)[C@@H]1CCCN1C(=O)[C@@H](N)Cc1c[nH]cn1)C(=O)N[C@@H](Cc1ccc(O)cc1)C(=O)N[C@@H](Cc1ccc(O)cc1)C(=O)N[C@@H](C)C(=O)N[C@@H](CC(N)=O)C(=O)N[C@@H](CCCCN)C(=O)O. The van der Waals surface area contributed by atoms with Crippen molar-refractivity contribution in [2.24, 2.45) is 29.0 Å². The number of carbonyl (C=O) groups is 17. The van der Waals surface area contributed by atoms with Crippen molar-refractivity contribution in [3.63, 3.8) is 0 Å². The van der Waals surface area contributed by atoms with Crippen molar-refractivity contribution >= 4 is 101 Å². The quantitative estimate of drug-likeness (QED) is 0.0208. The van der Waals surface area contributed by atoms with Crippen LogP contribution in [0, 0.1) is 11.8 Å². The van der Waals surface area contributed by atoms with E-state index in [2.05, 4.69) is 73.8 Å². The van der Waals surface area contributed by atoms with E-state index in [-0.39, 0.29) is 126 Å². The zero-order valence-corrected chi connectivity index (χ0v) is 76.6. The number of carbonyl (C=O) groups excluding carboxylic acids is 15. The van der Waals surface area contributed by atoms with Gasteiger partial charge >= 0.3 is 11.9 Å².